The molecular formula is C18H22N2O3. The molecular weight excluding hydrogens is 292 g/mol. The Morgan fingerprint density at radius 3 is 2.91 bits per heavy atom. The fourth-order valence-electron chi connectivity index (χ4n) is 3.67. The van der Waals surface area contributed by atoms with Crippen LogP contribution in [-0.2, 0) is 22.6 Å². The molecule has 5 heteroatoms. The molecule has 2 fully saturated rings. The molecule has 2 aromatic heterocycles. The molecule has 0 spiro atoms. The quantitative estimate of drug-likeness (QED) is 0.849. The summed E-state index contributed by atoms with van der Waals surface area (Å²) in [4.78, 5) is 6.54. The third-order valence-electron chi connectivity index (χ3n) is 4.83. The van der Waals surface area contributed by atoms with Crippen molar-refractivity contribution in [3.63, 3.8) is 0 Å². The fourth-order valence-corrected chi connectivity index (χ4v) is 3.67. The van der Waals surface area contributed by atoms with Crippen LogP contribution in [0.4, 0.5) is 0 Å². The summed E-state index contributed by atoms with van der Waals surface area (Å²) in [6.07, 6.45) is 9.74. The van der Waals surface area contributed by atoms with Crippen LogP contribution in [0.2, 0.25) is 0 Å². The predicted molar refractivity (Wildman–Crippen MR) is 84.7 cm³/mol. The third kappa shape index (κ3) is 3.32. The summed E-state index contributed by atoms with van der Waals surface area (Å²) >= 11 is 0. The molecule has 3 heterocycles. The Labute approximate surface area is 136 Å². The molecule has 3 atom stereocenters. The van der Waals surface area contributed by atoms with Crippen LogP contribution in [0.15, 0.2) is 47.5 Å². The van der Waals surface area contributed by atoms with E-state index in [1.807, 2.05) is 36.9 Å². The van der Waals surface area contributed by atoms with Crippen molar-refractivity contribution in [2.75, 3.05) is 13.2 Å². The van der Waals surface area contributed by atoms with Crippen molar-refractivity contribution in [3.8, 4) is 0 Å². The lowest BCUT2D eigenvalue weighted by atomic mass is 10.1. The van der Waals surface area contributed by atoms with Crippen molar-refractivity contribution in [1.82, 2.24) is 9.88 Å². The summed E-state index contributed by atoms with van der Waals surface area (Å²) in [5, 5.41) is 0. The third-order valence-corrected chi connectivity index (χ3v) is 4.83. The van der Waals surface area contributed by atoms with E-state index >= 15 is 0 Å². The zero-order valence-electron chi connectivity index (χ0n) is 13.1. The highest BCUT2D eigenvalue weighted by Crippen LogP contribution is 2.33. The minimum Gasteiger partial charge on any atom is -0.472 e. The summed E-state index contributed by atoms with van der Waals surface area (Å²) in [7, 11) is 0. The van der Waals surface area contributed by atoms with Crippen molar-refractivity contribution in [2.24, 2.45) is 0 Å². The summed E-state index contributed by atoms with van der Waals surface area (Å²) in [6, 6.07) is 6.45. The van der Waals surface area contributed by atoms with Crippen LogP contribution >= 0.6 is 0 Å². The molecule has 1 aliphatic heterocycles. The SMILES string of the molecule is c1cc(COC2C3CCC2N(Cc2ccoc2)CCO3)ccn1. The lowest BCUT2D eigenvalue weighted by molar-refractivity contribution is -0.0614. The van der Waals surface area contributed by atoms with Crippen LogP contribution in [0.5, 0.6) is 0 Å². The Balaban J connectivity index is 1.45. The average Bonchev–Trinajstić information content (AvgIpc) is 3.18. The molecule has 23 heavy (non-hydrogen) atoms. The molecule has 1 aliphatic carbocycles. The first-order chi connectivity index (χ1) is 11.4. The number of hydrogen-bond donors (Lipinski definition) is 0. The van der Waals surface area contributed by atoms with E-state index in [1.165, 1.54) is 5.56 Å². The van der Waals surface area contributed by atoms with Crippen LogP contribution in [0.1, 0.15) is 24.0 Å². The molecule has 1 saturated carbocycles. The Kier molecular flexibility index (Phi) is 4.41. The minimum absolute atomic E-state index is 0.137. The van der Waals surface area contributed by atoms with E-state index in [9.17, 15) is 0 Å². The summed E-state index contributed by atoms with van der Waals surface area (Å²) in [5.74, 6) is 0. The second kappa shape index (κ2) is 6.83. The first-order valence-corrected chi connectivity index (χ1v) is 8.27. The van der Waals surface area contributed by atoms with Gasteiger partial charge in [-0.1, -0.05) is 0 Å². The number of ether oxygens (including phenoxy) is 2. The lowest BCUT2D eigenvalue weighted by Gasteiger charge is -2.30. The van der Waals surface area contributed by atoms with E-state index in [-0.39, 0.29) is 12.2 Å². The number of hydrogen-bond acceptors (Lipinski definition) is 5. The molecule has 1 saturated heterocycles. The Bertz CT molecular complexity index is 602. The van der Waals surface area contributed by atoms with Gasteiger partial charge in [-0.05, 0) is 36.6 Å². The first-order valence-electron chi connectivity index (χ1n) is 8.27. The van der Waals surface area contributed by atoms with E-state index in [1.54, 1.807) is 6.26 Å². The monoisotopic (exact) mass is 314 g/mol. The Morgan fingerprint density at radius 1 is 1.17 bits per heavy atom. The smallest absolute Gasteiger partial charge is 0.0995 e. The Morgan fingerprint density at radius 2 is 2.09 bits per heavy atom. The molecule has 2 bridgehead atoms. The molecule has 2 aromatic rings. The van der Waals surface area contributed by atoms with E-state index in [0.29, 0.717) is 12.6 Å². The van der Waals surface area contributed by atoms with Gasteiger partial charge < -0.3 is 13.9 Å². The van der Waals surface area contributed by atoms with Gasteiger partial charge in [-0.15, -0.1) is 0 Å². The molecule has 2 aliphatic rings. The van der Waals surface area contributed by atoms with Gasteiger partial charge in [-0.2, -0.15) is 0 Å². The minimum atomic E-state index is 0.137. The number of rotatable bonds is 5. The molecule has 0 amide bonds. The van der Waals surface area contributed by atoms with Gasteiger partial charge in [0.15, 0.2) is 0 Å². The largest absolute Gasteiger partial charge is 0.472 e. The second-order valence-electron chi connectivity index (χ2n) is 6.29. The Hall–Kier alpha value is -1.69. The first kappa shape index (κ1) is 14.9. The normalized spacial score (nSPS) is 27.9. The van der Waals surface area contributed by atoms with Crippen LogP contribution < -0.4 is 0 Å². The maximum atomic E-state index is 6.27. The zero-order valence-corrected chi connectivity index (χ0v) is 13.1. The number of furan rings is 1. The van der Waals surface area contributed by atoms with Crippen molar-refractivity contribution < 1.29 is 13.9 Å². The zero-order chi connectivity index (χ0) is 15.5. The van der Waals surface area contributed by atoms with Crippen LogP contribution in [0, 0.1) is 0 Å². The van der Waals surface area contributed by atoms with Crippen molar-refractivity contribution in [1.29, 1.82) is 0 Å². The maximum absolute atomic E-state index is 6.27. The van der Waals surface area contributed by atoms with Crippen LogP contribution in [0.3, 0.4) is 0 Å². The average molecular weight is 314 g/mol. The number of nitrogens with zero attached hydrogens (tertiary/aromatic N) is 2. The second-order valence-corrected chi connectivity index (χ2v) is 6.29. The highest BCUT2D eigenvalue weighted by atomic mass is 16.5. The van der Waals surface area contributed by atoms with Gasteiger partial charge in [-0.25, -0.2) is 0 Å². The molecule has 122 valence electrons. The van der Waals surface area contributed by atoms with E-state index in [0.717, 1.165) is 38.1 Å². The van der Waals surface area contributed by atoms with Gasteiger partial charge >= 0.3 is 0 Å². The molecule has 3 unspecified atom stereocenters. The van der Waals surface area contributed by atoms with Gasteiger partial charge in [0, 0.05) is 37.1 Å². The van der Waals surface area contributed by atoms with Gasteiger partial charge in [0.2, 0.25) is 0 Å². The summed E-state index contributed by atoms with van der Waals surface area (Å²) < 4.78 is 17.5. The van der Waals surface area contributed by atoms with E-state index in [4.69, 9.17) is 13.9 Å². The van der Waals surface area contributed by atoms with Gasteiger partial charge in [0.1, 0.15) is 0 Å². The standard InChI is InChI=1S/C18H22N2O3/c1-2-17-18(23-13-14-3-6-19-7-4-14)16(1)20(8-10-22-17)11-15-5-9-21-12-15/h3-7,9,12,16-18H,1-2,8,10-11,13H2. The van der Waals surface area contributed by atoms with E-state index in [2.05, 4.69) is 9.88 Å². The summed E-state index contributed by atoms with van der Waals surface area (Å²) in [5.41, 5.74) is 2.37. The van der Waals surface area contributed by atoms with Crippen LogP contribution in [-0.4, -0.2) is 41.3 Å². The van der Waals surface area contributed by atoms with Gasteiger partial charge in [0.05, 0.1) is 37.9 Å². The molecule has 5 nitrogen and oxygen atoms in total. The fraction of sp³-hybridized carbons (Fsp3) is 0.500. The van der Waals surface area contributed by atoms with Crippen molar-refractivity contribution >= 4 is 0 Å². The predicted octanol–water partition coefficient (Wildman–Crippen LogP) is 2.62. The molecule has 0 radical (unpaired) electrons. The number of aromatic nitrogens is 1. The molecule has 0 aromatic carbocycles. The topological polar surface area (TPSA) is 47.7 Å². The molecule has 0 N–H and O–H groups in total. The summed E-state index contributed by atoms with van der Waals surface area (Å²) in [6.45, 7) is 3.23. The lowest BCUT2D eigenvalue weighted by Crippen LogP contribution is -2.42. The van der Waals surface area contributed by atoms with Gasteiger partial charge in [-0.3, -0.25) is 9.88 Å². The van der Waals surface area contributed by atoms with Crippen LogP contribution in [0.25, 0.3) is 0 Å². The van der Waals surface area contributed by atoms with Gasteiger partial charge in [0.25, 0.3) is 0 Å². The highest BCUT2D eigenvalue weighted by Gasteiger charge is 2.43. The highest BCUT2D eigenvalue weighted by molar-refractivity contribution is 5.09. The van der Waals surface area contributed by atoms with E-state index < -0.39 is 0 Å². The maximum Gasteiger partial charge on any atom is 0.0995 e. The number of fused-ring (bicyclic) bond motifs is 2. The van der Waals surface area contributed by atoms with Crippen molar-refractivity contribution in [3.05, 3.63) is 54.2 Å². The number of pyridine rings is 1. The molecule has 4 rings (SSSR count). The van der Waals surface area contributed by atoms with Crippen molar-refractivity contribution in [2.45, 2.75) is 44.2 Å².